The van der Waals surface area contributed by atoms with Crippen LogP contribution in [0.1, 0.15) is 18.6 Å². The van der Waals surface area contributed by atoms with Crippen LogP contribution in [0.4, 0.5) is 0 Å². The van der Waals surface area contributed by atoms with E-state index >= 15 is 0 Å². The first-order valence-electron chi connectivity index (χ1n) is 7.14. The van der Waals surface area contributed by atoms with Crippen molar-refractivity contribution in [1.82, 2.24) is 4.90 Å². The molecule has 0 saturated carbocycles. The first-order chi connectivity index (χ1) is 10.0. The highest BCUT2D eigenvalue weighted by atomic mass is 32.2. The van der Waals surface area contributed by atoms with Crippen molar-refractivity contribution >= 4 is 9.84 Å². The van der Waals surface area contributed by atoms with Crippen molar-refractivity contribution in [3.05, 3.63) is 42.2 Å². The predicted molar refractivity (Wildman–Crippen MR) is 81.8 cm³/mol. The maximum atomic E-state index is 11.6. The zero-order valence-corrected chi connectivity index (χ0v) is 12.9. The molecule has 1 aliphatic heterocycles. The van der Waals surface area contributed by atoms with E-state index in [9.17, 15) is 8.42 Å². The second-order valence-corrected chi connectivity index (χ2v) is 7.56. The largest absolute Gasteiger partial charge is 0.460 e. The van der Waals surface area contributed by atoms with Crippen LogP contribution in [0.3, 0.4) is 0 Å². The fourth-order valence-electron chi connectivity index (χ4n) is 2.66. The fraction of sp³-hybridized carbons (Fsp3) is 0.375. The molecule has 0 amide bonds. The van der Waals surface area contributed by atoms with Gasteiger partial charge in [0.25, 0.3) is 0 Å². The summed E-state index contributed by atoms with van der Waals surface area (Å²) in [5.74, 6) is 1.64. The van der Waals surface area contributed by atoms with Crippen LogP contribution >= 0.6 is 0 Å². The molecule has 0 N–H and O–H groups in total. The molecule has 2 aromatic rings. The molecule has 21 heavy (non-hydrogen) atoms. The molecule has 5 heteroatoms. The van der Waals surface area contributed by atoms with Crippen LogP contribution in [0.2, 0.25) is 0 Å². The Labute approximate surface area is 125 Å². The topological polar surface area (TPSA) is 50.5 Å². The maximum Gasteiger partial charge on any atom is 0.175 e. The summed E-state index contributed by atoms with van der Waals surface area (Å²) >= 11 is 0. The lowest BCUT2D eigenvalue weighted by molar-refractivity contribution is 0.299. The number of benzene rings is 1. The van der Waals surface area contributed by atoms with Gasteiger partial charge in [-0.3, -0.25) is 4.90 Å². The van der Waals surface area contributed by atoms with Gasteiger partial charge in [0.2, 0.25) is 0 Å². The molecule has 0 spiro atoms. The van der Waals surface area contributed by atoms with E-state index in [-0.39, 0.29) is 0 Å². The van der Waals surface area contributed by atoms with Crippen molar-refractivity contribution in [2.75, 3.05) is 19.3 Å². The van der Waals surface area contributed by atoms with Gasteiger partial charge < -0.3 is 4.42 Å². The van der Waals surface area contributed by atoms with Crippen molar-refractivity contribution in [2.24, 2.45) is 0 Å². The molecule has 1 aromatic carbocycles. The minimum atomic E-state index is -3.20. The summed E-state index contributed by atoms with van der Waals surface area (Å²) in [5.41, 5.74) is 0.797. The summed E-state index contributed by atoms with van der Waals surface area (Å²) in [6, 6.07) is 10.8. The summed E-state index contributed by atoms with van der Waals surface area (Å²) in [6.07, 6.45) is 3.72. The Hall–Kier alpha value is -1.59. The van der Waals surface area contributed by atoms with Crippen LogP contribution in [0.25, 0.3) is 11.3 Å². The van der Waals surface area contributed by atoms with Crippen LogP contribution in [-0.2, 0) is 16.4 Å². The standard InChI is InChI=1S/C16H19NO3S/c1-21(18,19)15-6-4-5-13(11-15)16-8-7-14(20-16)12-17-9-2-3-10-17/h4-8,11H,2-3,9-10,12H2,1H3. The van der Waals surface area contributed by atoms with E-state index in [4.69, 9.17) is 4.42 Å². The first-order valence-corrected chi connectivity index (χ1v) is 9.03. The lowest BCUT2D eigenvalue weighted by Crippen LogP contribution is -2.17. The molecule has 112 valence electrons. The molecule has 1 fully saturated rings. The third kappa shape index (κ3) is 3.36. The van der Waals surface area contributed by atoms with E-state index in [1.165, 1.54) is 19.1 Å². The highest BCUT2D eigenvalue weighted by molar-refractivity contribution is 7.90. The molecule has 2 heterocycles. The van der Waals surface area contributed by atoms with Crippen molar-refractivity contribution in [2.45, 2.75) is 24.3 Å². The third-order valence-electron chi connectivity index (χ3n) is 3.79. The molecular weight excluding hydrogens is 286 g/mol. The summed E-state index contributed by atoms with van der Waals surface area (Å²) in [6.45, 7) is 3.07. The minimum absolute atomic E-state index is 0.317. The number of nitrogens with zero attached hydrogens (tertiary/aromatic N) is 1. The van der Waals surface area contributed by atoms with Crippen LogP contribution in [0, 0.1) is 0 Å². The van der Waals surface area contributed by atoms with Gasteiger partial charge in [0, 0.05) is 11.8 Å². The van der Waals surface area contributed by atoms with E-state index < -0.39 is 9.84 Å². The lowest BCUT2D eigenvalue weighted by Gasteiger charge is -2.11. The van der Waals surface area contributed by atoms with Crippen molar-refractivity contribution in [1.29, 1.82) is 0 Å². The van der Waals surface area contributed by atoms with Gasteiger partial charge in [0.1, 0.15) is 11.5 Å². The smallest absolute Gasteiger partial charge is 0.175 e. The van der Waals surface area contributed by atoms with Gasteiger partial charge >= 0.3 is 0 Å². The van der Waals surface area contributed by atoms with Gasteiger partial charge in [0.15, 0.2) is 9.84 Å². The zero-order valence-electron chi connectivity index (χ0n) is 12.1. The Kier molecular flexibility index (Phi) is 3.87. The van der Waals surface area contributed by atoms with Crippen molar-refractivity contribution in [3.63, 3.8) is 0 Å². The number of sulfone groups is 1. The quantitative estimate of drug-likeness (QED) is 0.871. The molecule has 0 unspecified atom stereocenters. The van der Waals surface area contributed by atoms with Gasteiger partial charge in [0.05, 0.1) is 11.4 Å². The lowest BCUT2D eigenvalue weighted by atomic mass is 10.2. The number of hydrogen-bond donors (Lipinski definition) is 0. The SMILES string of the molecule is CS(=O)(=O)c1cccc(-c2ccc(CN3CCCC3)o2)c1. The molecule has 0 aliphatic carbocycles. The average Bonchev–Trinajstić information content (AvgIpc) is 3.10. The fourth-order valence-corrected chi connectivity index (χ4v) is 3.33. The minimum Gasteiger partial charge on any atom is -0.460 e. The van der Waals surface area contributed by atoms with E-state index in [1.807, 2.05) is 18.2 Å². The van der Waals surface area contributed by atoms with Gasteiger partial charge in [-0.2, -0.15) is 0 Å². The second kappa shape index (κ2) is 5.66. The first kappa shape index (κ1) is 14.4. The van der Waals surface area contributed by atoms with Gasteiger partial charge in [-0.25, -0.2) is 8.42 Å². The molecule has 1 aliphatic rings. The van der Waals surface area contributed by atoms with Crippen LogP contribution in [0.15, 0.2) is 45.7 Å². The number of likely N-dealkylation sites (tertiary alicyclic amines) is 1. The van der Waals surface area contributed by atoms with E-state index in [0.717, 1.165) is 36.7 Å². The normalized spacial score (nSPS) is 16.4. The van der Waals surface area contributed by atoms with Crippen LogP contribution in [0.5, 0.6) is 0 Å². The van der Waals surface area contributed by atoms with Crippen molar-refractivity contribution < 1.29 is 12.8 Å². The Balaban J connectivity index is 1.82. The van der Waals surface area contributed by atoms with Crippen LogP contribution < -0.4 is 0 Å². The molecule has 0 atom stereocenters. The van der Waals surface area contributed by atoms with Gasteiger partial charge in [-0.05, 0) is 50.2 Å². The van der Waals surface area contributed by atoms with E-state index in [2.05, 4.69) is 4.90 Å². The highest BCUT2D eigenvalue weighted by Crippen LogP contribution is 2.25. The molecule has 3 rings (SSSR count). The maximum absolute atomic E-state index is 11.6. The van der Waals surface area contributed by atoms with Crippen LogP contribution in [-0.4, -0.2) is 32.7 Å². The Morgan fingerprint density at radius 3 is 2.62 bits per heavy atom. The molecular formula is C16H19NO3S. The van der Waals surface area contributed by atoms with Gasteiger partial charge in [-0.15, -0.1) is 0 Å². The number of furan rings is 1. The van der Waals surface area contributed by atoms with Gasteiger partial charge in [-0.1, -0.05) is 12.1 Å². The molecule has 1 saturated heterocycles. The summed E-state index contributed by atoms with van der Waals surface area (Å²) in [4.78, 5) is 2.69. The predicted octanol–water partition coefficient (Wildman–Crippen LogP) is 2.95. The second-order valence-electron chi connectivity index (χ2n) is 5.55. The summed E-state index contributed by atoms with van der Waals surface area (Å²) in [5, 5.41) is 0. The average molecular weight is 305 g/mol. The molecule has 0 bridgehead atoms. The third-order valence-corrected chi connectivity index (χ3v) is 4.90. The zero-order chi connectivity index (χ0) is 14.9. The number of rotatable bonds is 4. The Morgan fingerprint density at radius 1 is 1.14 bits per heavy atom. The molecule has 1 aromatic heterocycles. The Morgan fingerprint density at radius 2 is 1.90 bits per heavy atom. The molecule has 0 radical (unpaired) electrons. The Bertz CT molecular complexity index is 727. The summed E-state index contributed by atoms with van der Waals surface area (Å²) in [7, 11) is -3.20. The summed E-state index contributed by atoms with van der Waals surface area (Å²) < 4.78 is 29.1. The number of hydrogen-bond acceptors (Lipinski definition) is 4. The van der Waals surface area contributed by atoms with E-state index in [1.54, 1.807) is 18.2 Å². The monoisotopic (exact) mass is 305 g/mol. The van der Waals surface area contributed by atoms with Crippen molar-refractivity contribution in [3.8, 4) is 11.3 Å². The highest BCUT2D eigenvalue weighted by Gasteiger charge is 2.15. The van der Waals surface area contributed by atoms with E-state index in [0.29, 0.717) is 4.90 Å². The molecule has 4 nitrogen and oxygen atoms in total.